The summed E-state index contributed by atoms with van der Waals surface area (Å²) in [6, 6.07) is 12.3. The summed E-state index contributed by atoms with van der Waals surface area (Å²) < 4.78 is 5.44. The van der Waals surface area contributed by atoms with Gasteiger partial charge in [0.05, 0.1) is 19.3 Å². The minimum atomic E-state index is -0.228. The van der Waals surface area contributed by atoms with Gasteiger partial charge >= 0.3 is 0 Å². The molecule has 2 atom stereocenters. The molecule has 1 aromatic carbocycles. The fourth-order valence-corrected chi connectivity index (χ4v) is 4.92. The van der Waals surface area contributed by atoms with Crippen molar-refractivity contribution in [2.45, 2.75) is 25.4 Å². The van der Waals surface area contributed by atoms with E-state index in [1.165, 1.54) is 10.9 Å². The molecule has 0 unspecified atom stereocenters. The Kier molecular flexibility index (Phi) is 5.13. The largest absolute Gasteiger partial charge is 0.378 e. The molecular formula is C23H25ClN4O2. The number of pyridine rings is 1. The number of ether oxygens (including phenoxy) is 1. The number of aromatic amines is 1. The van der Waals surface area contributed by atoms with E-state index in [1.54, 1.807) is 0 Å². The van der Waals surface area contributed by atoms with Crippen molar-refractivity contribution in [3.63, 3.8) is 0 Å². The number of aromatic nitrogens is 2. The van der Waals surface area contributed by atoms with Gasteiger partial charge in [0.1, 0.15) is 11.7 Å². The number of amides is 1. The second-order valence-electron chi connectivity index (χ2n) is 8.00. The molecule has 0 saturated carbocycles. The van der Waals surface area contributed by atoms with Gasteiger partial charge in [-0.2, -0.15) is 0 Å². The summed E-state index contributed by atoms with van der Waals surface area (Å²) >= 11 is 6.00. The number of hydrogen-bond donors (Lipinski definition) is 1. The van der Waals surface area contributed by atoms with Crippen LogP contribution < -0.4 is 4.90 Å². The molecule has 2 aromatic heterocycles. The van der Waals surface area contributed by atoms with E-state index in [4.69, 9.17) is 21.3 Å². The Morgan fingerprint density at radius 1 is 1.23 bits per heavy atom. The zero-order valence-electron chi connectivity index (χ0n) is 17.0. The van der Waals surface area contributed by atoms with Crippen LogP contribution in [0.1, 0.15) is 29.8 Å². The first kappa shape index (κ1) is 19.4. The standard InChI is InChI=1S/C23H25ClN4O2/c1-15-12-18-17-4-2-3-5-19(17)26-22(18)23(28(15)21(29)13-24)16-6-7-20(25-14-16)27-8-10-30-11-9-27/h2-7,14-15,23,26H,8-13H2,1H3/t15-,23-/m0/s1. The Morgan fingerprint density at radius 2 is 2.03 bits per heavy atom. The van der Waals surface area contributed by atoms with Crippen molar-refractivity contribution in [3.8, 4) is 0 Å². The van der Waals surface area contributed by atoms with Crippen molar-refractivity contribution < 1.29 is 9.53 Å². The van der Waals surface area contributed by atoms with Crippen LogP contribution in [0.4, 0.5) is 5.82 Å². The number of carbonyl (C=O) groups excluding carboxylic acids is 1. The third-order valence-electron chi connectivity index (χ3n) is 6.20. The number of nitrogens with one attached hydrogen (secondary N) is 1. The van der Waals surface area contributed by atoms with Crippen LogP contribution in [0.15, 0.2) is 42.6 Å². The highest BCUT2D eigenvalue weighted by atomic mass is 35.5. The second kappa shape index (κ2) is 7.93. The van der Waals surface area contributed by atoms with Gasteiger partial charge in [-0.25, -0.2) is 4.98 Å². The number of hydrogen-bond acceptors (Lipinski definition) is 4. The Labute approximate surface area is 180 Å². The minimum Gasteiger partial charge on any atom is -0.378 e. The summed E-state index contributed by atoms with van der Waals surface area (Å²) in [7, 11) is 0. The fourth-order valence-electron chi connectivity index (χ4n) is 4.79. The van der Waals surface area contributed by atoms with E-state index in [0.717, 1.165) is 55.3 Å². The lowest BCUT2D eigenvalue weighted by atomic mass is 9.89. The molecule has 1 saturated heterocycles. The highest BCUT2D eigenvalue weighted by molar-refractivity contribution is 6.27. The first-order chi connectivity index (χ1) is 14.7. The van der Waals surface area contributed by atoms with Crippen molar-refractivity contribution in [1.82, 2.24) is 14.9 Å². The molecule has 0 bridgehead atoms. The van der Waals surface area contributed by atoms with Gasteiger partial charge in [-0.05, 0) is 36.6 Å². The van der Waals surface area contributed by atoms with E-state index in [1.807, 2.05) is 23.2 Å². The summed E-state index contributed by atoms with van der Waals surface area (Å²) in [5.74, 6) is 0.851. The third-order valence-corrected chi connectivity index (χ3v) is 6.43. The number of para-hydroxylation sites is 1. The molecule has 3 aromatic rings. The summed E-state index contributed by atoms with van der Waals surface area (Å²) in [6.45, 7) is 5.23. The third kappa shape index (κ3) is 3.24. The molecule has 1 amide bonds. The first-order valence-corrected chi connectivity index (χ1v) is 11.0. The van der Waals surface area contributed by atoms with Gasteiger partial charge < -0.3 is 19.5 Å². The molecule has 0 radical (unpaired) electrons. The van der Waals surface area contributed by atoms with Crippen molar-refractivity contribution in [2.75, 3.05) is 37.1 Å². The first-order valence-electron chi connectivity index (χ1n) is 10.4. The number of carbonyl (C=O) groups is 1. The number of rotatable bonds is 3. The number of H-pyrrole nitrogens is 1. The molecule has 2 aliphatic rings. The lowest BCUT2D eigenvalue weighted by Gasteiger charge is -2.40. The van der Waals surface area contributed by atoms with Crippen LogP contribution in [-0.2, 0) is 16.0 Å². The Bertz CT molecular complexity index is 1060. The quantitative estimate of drug-likeness (QED) is 0.654. The summed E-state index contributed by atoms with van der Waals surface area (Å²) in [5, 5.41) is 1.22. The van der Waals surface area contributed by atoms with Crippen molar-refractivity contribution in [3.05, 3.63) is 59.4 Å². The average molecular weight is 425 g/mol. The van der Waals surface area contributed by atoms with Gasteiger partial charge in [0, 0.05) is 41.9 Å². The van der Waals surface area contributed by atoms with Gasteiger partial charge in [-0.15, -0.1) is 11.6 Å². The van der Waals surface area contributed by atoms with Crippen molar-refractivity contribution >= 4 is 34.2 Å². The topological polar surface area (TPSA) is 61.5 Å². The second-order valence-corrected chi connectivity index (χ2v) is 8.27. The smallest absolute Gasteiger partial charge is 0.238 e. The summed E-state index contributed by atoms with van der Waals surface area (Å²) in [4.78, 5) is 25.3. The summed E-state index contributed by atoms with van der Waals surface area (Å²) in [5.41, 5.74) is 4.43. The van der Waals surface area contributed by atoms with Crippen molar-refractivity contribution in [2.24, 2.45) is 0 Å². The maximum absolute atomic E-state index is 12.8. The molecule has 5 rings (SSSR count). The minimum absolute atomic E-state index is 0.0321. The molecule has 1 N–H and O–H groups in total. The highest BCUT2D eigenvalue weighted by Gasteiger charge is 2.38. The van der Waals surface area contributed by atoms with Crippen LogP contribution in [0.25, 0.3) is 10.9 Å². The molecule has 0 aliphatic carbocycles. The van der Waals surface area contributed by atoms with Crippen molar-refractivity contribution in [1.29, 1.82) is 0 Å². The number of nitrogens with zero attached hydrogens (tertiary/aromatic N) is 3. The fraction of sp³-hybridized carbons (Fsp3) is 0.391. The maximum Gasteiger partial charge on any atom is 0.238 e. The molecule has 0 spiro atoms. The number of anilines is 1. The van der Waals surface area contributed by atoms with Crippen LogP contribution in [-0.4, -0.2) is 59.0 Å². The van der Waals surface area contributed by atoms with Gasteiger partial charge in [-0.3, -0.25) is 4.79 Å². The molecule has 1 fully saturated rings. The van der Waals surface area contributed by atoms with E-state index < -0.39 is 0 Å². The van der Waals surface area contributed by atoms with Crippen LogP contribution in [0, 0.1) is 0 Å². The average Bonchev–Trinajstić information content (AvgIpc) is 3.16. The Balaban J connectivity index is 1.59. The predicted molar refractivity (Wildman–Crippen MR) is 118 cm³/mol. The monoisotopic (exact) mass is 424 g/mol. The predicted octanol–water partition coefficient (Wildman–Crippen LogP) is 3.50. The van der Waals surface area contributed by atoms with E-state index in [-0.39, 0.29) is 23.9 Å². The molecular weight excluding hydrogens is 400 g/mol. The number of morpholine rings is 1. The van der Waals surface area contributed by atoms with Crippen LogP contribution >= 0.6 is 11.6 Å². The Morgan fingerprint density at radius 3 is 2.77 bits per heavy atom. The van der Waals surface area contributed by atoms with Crippen LogP contribution in [0.3, 0.4) is 0 Å². The lowest BCUT2D eigenvalue weighted by Crippen LogP contribution is -2.47. The SMILES string of the molecule is C[C@H]1Cc2c([nH]c3ccccc23)[C@H](c2ccc(N3CCOCC3)nc2)N1C(=O)CCl. The van der Waals surface area contributed by atoms with Gasteiger partial charge in [0.25, 0.3) is 0 Å². The Hall–Kier alpha value is -2.57. The molecule has 7 heteroatoms. The number of halogens is 1. The van der Waals surface area contributed by atoms with Crippen LogP contribution in [0.2, 0.25) is 0 Å². The van der Waals surface area contributed by atoms with Gasteiger partial charge in [-0.1, -0.05) is 24.3 Å². The molecule has 2 aliphatic heterocycles. The van der Waals surface area contributed by atoms with E-state index >= 15 is 0 Å². The zero-order chi connectivity index (χ0) is 20.7. The lowest BCUT2D eigenvalue weighted by molar-refractivity contribution is -0.133. The molecule has 156 valence electrons. The van der Waals surface area contributed by atoms with E-state index in [2.05, 4.69) is 41.1 Å². The van der Waals surface area contributed by atoms with Crippen LogP contribution in [0.5, 0.6) is 0 Å². The molecule has 6 nitrogen and oxygen atoms in total. The highest BCUT2D eigenvalue weighted by Crippen LogP contribution is 2.41. The number of benzene rings is 1. The normalized spacial score (nSPS) is 21.7. The number of fused-ring (bicyclic) bond motifs is 3. The zero-order valence-corrected chi connectivity index (χ0v) is 17.7. The van der Waals surface area contributed by atoms with E-state index in [0.29, 0.717) is 0 Å². The summed E-state index contributed by atoms with van der Waals surface area (Å²) in [6.07, 6.45) is 2.70. The molecule has 4 heterocycles. The number of alkyl halides is 1. The maximum atomic E-state index is 12.8. The van der Waals surface area contributed by atoms with E-state index in [9.17, 15) is 4.79 Å². The molecule has 30 heavy (non-hydrogen) atoms. The van der Waals surface area contributed by atoms with Gasteiger partial charge in [0.2, 0.25) is 5.91 Å². The van der Waals surface area contributed by atoms with Gasteiger partial charge in [0.15, 0.2) is 0 Å².